The summed E-state index contributed by atoms with van der Waals surface area (Å²) in [7, 11) is 1.61. The van der Waals surface area contributed by atoms with E-state index in [0.29, 0.717) is 25.3 Å². The summed E-state index contributed by atoms with van der Waals surface area (Å²) < 4.78 is 11.2. The van der Waals surface area contributed by atoms with Gasteiger partial charge < -0.3 is 19.7 Å². The van der Waals surface area contributed by atoms with E-state index in [9.17, 15) is 9.59 Å². The zero-order chi connectivity index (χ0) is 24.0. The highest BCUT2D eigenvalue weighted by molar-refractivity contribution is 5.81. The predicted octanol–water partition coefficient (Wildman–Crippen LogP) is 4.11. The number of amides is 2. The number of nitrogens with one attached hydrogen (secondary N) is 1. The van der Waals surface area contributed by atoms with Gasteiger partial charge in [0.05, 0.1) is 13.5 Å². The lowest BCUT2D eigenvalue weighted by atomic mass is 9.87. The fraction of sp³-hybridized carbons (Fsp3) is 0.481. The van der Waals surface area contributed by atoms with Crippen LogP contribution < -0.4 is 14.8 Å². The molecule has 0 bridgehead atoms. The van der Waals surface area contributed by atoms with Crippen LogP contribution in [0.15, 0.2) is 48.5 Å². The fourth-order valence-electron chi connectivity index (χ4n) is 4.01. The van der Waals surface area contributed by atoms with E-state index in [-0.39, 0.29) is 23.3 Å². The minimum absolute atomic E-state index is 0.0436. The number of carbonyl (C=O) groups excluding carboxylic acids is 2. The van der Waals surface area contributed by atoms with E-state index in [0.717, 1.165) is 24.2 Å². The molecule has 1 N–H and O–H groups in total. The zero-order valence-electron chi connectivity index (χ0n) is 20.4. The molecule has 1 aliphatic heterocycles. The van der Waals surface area contributed by atoms with Gasteiger partial charge in [-0.25, -0.2) is 0 Å². The first-order chi connectivity index (χ1) is 15.7. The third-order valence-corrected chi connectivity index (χ3v) is 6.13. The molecule has 0 radical (unpaired) electrons. The molecular formula is C27H36N2O4. The maximum atomic E-state index is 12.7. The van der Waals surface area contributed by atoms with E-state index in [1.54, 1.807) is 14.0 Å². The van der Waals surface area contributed by atoms with Gasteiger partial charge >= 0.3 is 0 Å². The van der Waals surface area contributed by atoms with Gasteiger partial charge in [-0.1, -0.05) is 51.1 Å². The van der Waals surface area contributed by atoms with Crippen molar-refractivity contribution in [3.8, 4) is 11.5 Å². The zero-order valence-corrected chi connectivity index (χ0v) is 20.4. The molecule has 1 atom stereocenters. The molecule has 2 amide bonds. The number of hydrogen-bond acceptors (Lipinski definition) is 4. The van der Waals surface area contributed by atoms with Crippen LogP contribution >= 0.6 is 0 Å². The van der Waals surface area contributed by atoms with E-state index in [4.69, 9.17) is 9.47 Å². The number of para-hydroxylation sites is 1. The monoisotopic (exact) mass is 452 g/mol. The summed E-state index contributed by atoms with van der Waals surface area (Å²) in [5, 5.41) is 3.08. The van der Waals surface area contributed by atoms with Crippen LogP contribution in [-0.4, -0.2) is 49.1 Å². The maximum absolute atomic E-state index is 12.7. The van der Waals surface area contributed by atoms with E-state index in [2.05, 4.69) is 26.1 Å². The van der Waals surface area contributed by atoms with Crippen LogP contribution in [0.4, 0.5) is 0 Å². The van der Waals surface area contributed by atoms with E-state index in [1.807, 2.05) is 53.4 Å². The second-order valence-corrected chi connectivity index (χ2v) is 9.69. The topological polar surface area (TPSA) is 67.9 Å². The quantitative estimate of drug-likeness (QED) is 0.687. The van der Waals surface area contributed by atoms with Crippen LogP contribution in [0.25, 0.3) is 0 Å². The Hall–Kier alpha value is -3.02. The van der Waals surface area contributed by atoms with Crippen LogP contribution in [0.2, 0.25) is 0 Å². The van der Waals surface area contributed by atoms with Crippen molar-refractivity contribution < 1.29 is 19.1 Å². The van der Waals surface area contributed by atoms with Crippen molar-refractivity contribution in [2.24, 2.45) is 0 Å². The van der Waals surface area contributed by atoms with Gasteiger partial charge in [0.25, 0.3) is 5.91 Å². The Kier molecular flexibility index (Phi) is 8.01. The van der Waals surface area contributed by atoms with E-state index < -0.39 is 6.10 Å². The second kappa shape index (κ2) is 10.7. The summed E-state index contributed by atoms with van der Waals surface area (Å²) >= 11 is 0. The molecular weight excluding hydrogens is 416 g/mol. The summed E-state index contributed by atoms with van der Waals surface area (Å²) in [6, 6.07) is 15.5. The third kappa shape index (κ3) is 6.73. The van der Waals surface area contributed by atoms with Crippen molar-refractivity contribution in [1.29, 1.82) is 0 Å². The molecule has 33 heavy (non-hydrogen) atoms. The predicted molar refractivity (Wildman–Crippen MR) is 130 cm³/mol. The largest absolute Gasteiger partial charge is 0.496 e. The third-order valence-electron chi connectivity index (χ3n) is 6.13. The fourth-order valence-corrected chi connectivity index (χ4v) is 4.01. The molecule has 1 fully saturated rings. The van der Waals surface area contributed by atoms with Gasteiger partial charge in [-0.15, -0.1) is 0 Å². The Labute approximate surface area is 197 Å². The molecule has 2 aromatic rings. The number of carbonyl (C=O) groups is 2. The van der Waals surface area contributed by atoms with Crippen LogP contribution in [0.3, 0.4) is 0 Å². The first-order valence-corrected chi connectivity index (χ1v) is 11.6. The van der Waals surface area contributed by atoms with Crippen molar-refractivity contribution in [1.82, 2.24) is 10.2 Å². The molecule has 1 heterocycles. The molecule has 2 aromatic carbocycles. The smallest absolute Gasteiger partial charge is 0.260 e. The average molecular weight is 453 g/mol. The van der Waals surface area contributed by atoms with Crippen molar-refractivity contribution in [2.75, 3.05) is 20.2 Å². The number of methoxy groups -OCH3 is 1. The summed E-state index contributed by atoms with van der Waals surface area (Å²) in [6.07, 6.45) is 1.20. The van der Waals surface area contributed by atoms with E-state index >= 15 is 0 Å². The molecule has 0 aromatic heterocycles. The van der Waals surface area contributed by atoms with Crippen molar-refractivity contribution in [3.05, 3.63) is 59.7 Å². The van der Waals surface area contributed by atoms with Gasteiger partial charge in [-0.2, -0.15) is 0 Å². The first kappa shape index (κ1) is 24.6. The van der Waals surface area contributed by atoms with E-state index in [1.165, 1.54) is 5.56 Å². The minimum Gasteiger partial charge on any atom is -0.496 e. The lowest BCUT2D eigenvalue weighted by molar-refractivity contribution is -0.132. The second-order valence-electron chi connectivity index (χ2n) is 9.69. The molecule has 178 valence electrons. The lowest BCUT2D eigenvalue weighted by Gasteiger charge is -2.33. The lowest BCUT2D eigenvalue weighted by Crippen LogP contribution is -2.49. The number of benzene rings is 2. The highest BCUT2D eigenvalue weighted by Crippen LogP contribution is 2.25. The van der Waals surface area contributed by atoms with Gasteiger partial charge in [-0.3, -0.25) is 9.59 Å². The number of likely N-dealkylation sites (tertiary alicyclic amines) is 1. The van der Waals surface area contributed by atoms with Gasteiger partial charge in [0.15, 0.2) is 6.10 Å². The molecule has 0 aliphatic carbocycles. The molecule has 1 unspecified atom stereocenters. The molecule has 0 spiro atoms. The Morgan fingerprint density at radius 1 is 1.06 bits per heavy atom. The molecule has 6 heteroatoms. The molecule has 3 rings (SSSR count). The van der Waals surface area contributed by atoms with Crippen molar-refractivity contribution >= 4 is 11.8 Å². The highest BCUT2D eigenvalue weighted by Gasteiger charge is 2.26. The summed E-state index contributed by atoms with van der Waals surface area (Å²) in [6.45, 7) is 9.51. The number of ether oxygens (including phenoxy) is 2. The van der Waals surface area contributed by atoms with Gasteiger partial charge in [-0.05, 0) is 48.9 Å². The normalized spacial score (nSPS) is 15.6. The van der Waals surface area contributed by atoms with Gasteiger partial charge in [0, 0.05) is 24.7 Å². The standard InChI is InChI=1S/C27H36N2O4/c1-19(33-23-12-10-21(11-13-23)27(2,3)4)26(31)28-22-14-16-29(17-15-22)25(30)18-20-8-6-7-9-24(20)32-5/h6-13,19,22H,14-18H2,1-5H3,(H,28,31). The number of hydrogen-bond donors (Lipinski definition) is 1. The van der Waals surface area contributed by atoms with Crippen molar-refractivity contribution in [2.45, 2.75) is 64.5 Å². The van der Waals surface area contributed by atoms with Gasteiger partial charge in [0.1, 0.15) is 11.5 Å². The average Bonchev–Trinajstić information content (AvgIpc) is 2.79. The number of rotatable bonds is 7. The number of piperidine rings is 1. The Bertz CT molecular complexity index is 941. The minimum atomic E-state index is -0.587. The summed E-state index contributed by atoms with van der Waals surface area (Å²) in [5.74, 6) is 1.37. The Morgan fingerprint density at radius 2 is 1.70 bits per heavy atom. The van der Waals surface area contributed by atoms with Crippen LogP contribution in [0.1, 0.15) is 51.7 Å². The Balaban J connectivity index is 1.45. The first-order valence-electron chi connectivity index (χ1n) is 11.6. The molecule has 1 saturated heterocycles. The number of nitrogens with zero attached hydrogens (tertiary/aromatic N) is 1. The molecule has 1 aliphatic rings. The van der Waals surface area contributed by atoms with Crippen LogP contribution in [0.5, 0.6) is 11.5 Å². The molecule has 0 saturated carbocycles. The summed E-state index contributed by atoms with van der Waals surface area (Å²) in [5.41, 5.74) is 2.19. The van der Waals surface area contributed by atoms with Crippen molar-refractivity contribution in [3.63, 3.8) is 0 Å². The Morgan fingerprint density at radius 3 is 2.30 bits per heavy atom. The summed E-state index contributed by atoms with van der Waals surface area (Å²) in [4.78, 5) is 27.2. The highest BCUT2D eigenvalue weighted by atomic mass is 16.5. The SMILES string of the molecule is COc1ccccc1CC(=O)N1CCC(NC(=O)C(C)Oc2ccc(C(C)(C)C)cc2)CC1. The molecule has 6 nitrogen and oxygen atoms in total. The maximum Gasteiger partial charge on any atom is 0.260 e. The van der Waals surface area contributed by atoms with Crippen LogP contribution in [-0.2, 0) is 21.4 Å². The van der Waals surface area contributed by atoms with Crippen LogP contribution in [0, 0.1) is 0 Å². The van der Waals surface area contributed by atoms with Gasteiger partial charge in [0.2, 0.25) is 5.91 Å².